The maximum absolute atomic E-state index is 9.18. The first-order valence-electron chi connectivity index (χ1n) is 3.83. The number of hydrogen-bond donors (Lipinski definition) is 4. The van der Waals surface area contributed by atoms with Gasteiger partial charge in [-0.15, -0.1) is 0 Å². The van der Waals surface area contributed by atoms with Gasteiger partial charge in [-0.25, -0.2) is 9.34 Å². The molecule has 0 aromatic rings. The number of rotatable bonds is 2. The highest BCUT2D eigenvalue weighted by atomic mass is 32.5. The number of hydrogen-bond acceptors (Lipinski definition) is 2. The van der Waals surface area contributed by atoms with Crippen LogP contribution in [0.1, 0.15) is 0 Å². The van der Waals surface area contributed by atoms with Gasteiger partial charge in [-0.1, -0.05) is 0 Å². The normalized spacial score (nSPS) is 22.6. The van der Waals surface area contributed by atoms with Gasteiger partial charge < -0.3 is 19.6 Å². The van der Waals surface area contributed by atoms with Crippen molar-refractivity contribution in [2.45, 2.75) is 0 Å². The quantitative estimate of drug-likeness (QED) is 0.480. The summed E-state index contributed by atoms with van der Waals surface area (Å²) >= 11 is 9.05. The van der Waals surface area contributed by atoms with Gasteiger partial charge in [0, 0.05) is 26.2 Å². The third-order valence-electron chi connectivity index (χ3n) is 1.97. The molecule has 0 atom stereocenters. The van der Waals surface area contributed by atoms with Crippen LogP contribution in [-0.2, 0) is 23.6 Å². The number of nitrogens with zero attached hydrogens (tertiary/aromatic N) is 2. The Morgan fingerprint density at radius 1 is 0.714 bits per heavy atom. The molecule has 14 heavy (non-hydrogen) atoms. The highest BCUT2D eigenvalue weighted by Crippen LogP contribution is 2.45. The lowest BCUT2D eigenvalue weighted by Crippen LogP contribution is -2.42. The molecule has 0 unspecified atom stereocenters. The van der Waals surface area contributed by atoms with Gasteiger partial charge in [0.2, 0.25) is 0 Å². The lowest BCUT2D eigenvalue weighted by atomic mass is 10.4. The van der Waals surface area contributed by atoms with Gasteiger partial charge in [0.25, 0.3) is 13.3 Å². The van der Waals surface area contributed by atoms with Gasteiger partial charge in [-0.2, -0.15) is 0 Å². The summed E-state index contributed by atoms with van der Waals surface area (Å²) in [5.41, 5.74) is 0. The van der Waals surface area contributed by atoms with Crippen molar-refractivity contribution < 1.29 is 19.6 Å². The first kappa shape index (κ1) is 13.1. The third kappa shape index (κ3) is 3.57. The molecule has 0 radical (unpaired) electrons. The van der Waals surface area contributed by atoms with Crippen LogP contribution in [0.4, 0.5) is 0 Å². The molecule has 1 rings (SSSR count). The molecule has 0 bridgehead atoms. The highest BCUT2D eigenvalue weighted by molar-refractivity contribution is 8.08. The zero-order valence-electron chi connectivity index (χ0n) is 7.22. The summed E-state index contributed by atoms with van der Waals surface area (Å²) in [6.07, 6.45) is 0. The predicted octanol–water partition coefficient (Wildman–Crippen LogP) is -0.978. The van der Waals surface area contributed by atoms with Crippen molar-refractivity contribution in [1.29, 1.82) is 0 Å². The Labute approximate surface area is 92.2 Å². The zero-order chi connectivity index (χ0) is 11.0. The van der Waals surface area contributed by atoms with Crippen molar-refractivity contribution in [3.8, 4) is 0 Å². The van der Waals surface area contributed by atoms with Crippen LogP contribution in [0, 0.1) is 0 Å². The van der Waals surface area contributed by atoms with E-state index in [1.165, 1.54) is 9.34 Å². The molecule has 1 saturated heterocycles. The minimum atomic E-state index is -3.36. The van der Waals surface area contributed by atoms with Crippen LogP contribution in [0.15, 0.2) is 0 Å². The van der Waals surface area contributed by atoms with E-state index in [2.05, 4.69) is 23.6 Å². The van der Waals surface area contributed by atoms with Crippen LogP contribution in [0.2, 0.25) is 0 Å². The molecule has 0 aromatic heterocycles. The van der Waals surface area contributed by atoms with Crippen molar-refractivity contribution in [2.24, 2.45) is 0 Å². The van der Waals surface area contributed by atoms with E-state index in [0.717, 1.165) is 0 Å². The molecule has 0 saturated carbocycles. The summed E-state index contributed by atoms with van der Waals surface area (Å²) in [6.45, 7) is -5.55. The molecule has 1 aliphatic rings. The molecule has 0 aliphatic carbocycles. The van der Waals surface area contributed by atoms with Gasteiger partial charge in [-0.3, -0.25) is 0 Å². The maximum atomic E-state index is 9.18. The standard InChI is InChI=1S/C4H12N2O4P2S2/c7-11(8,13)5-1-2-6(4-3-5)12(9,10)14/h1-4H2,(H2,7,8,13)(H2,9,10,14). The van der Waals surface area contributed by atoms with Crippen molar-refractivity contribution in [1.82, 2.24) is 9.34 Å². The fraction of sp³-hybridized carbons (Fsp3) is 1.00. The van der Waals surface area contributed by atoms with Crippen molar-refractivity contribution in [2.75, 3.05) is 26.2 Å². The minimum absolute atomic E-state index is 0.295. The van der Waals surface area contributed by atoms with Crippen LogP contribution in [0.25, 0.3) is 0 Å². The summed E-state index contributed by atoms with van der Waals surface area (Å²) in [6, 6.07) is 0. The lowest BCUT2D eigenvalue weighted by molar-refractivity contribution is 0.226. The Kier molecular flexibility index (Phi) is 4.23. The third-order valence-corrected chi connectivity index (χ3v) is 5.63. The second-order valence-electron chi connectivity index (χ2n) is 2.93. The molecule has 0 amide bonds. The Hall–Kier alpha value is 1.06. The van der Waals surface area contributed by atoms with Gasteiger partial charge in [0.15, 0.2) is 0 Å². The van der Waals surface area contributed by atoms with Crippen LogP contribution >= 0.6 is 13.3 Å². The van der Waals surface area contributed by atoms with E-state index >= 15 is 0 Å². The zero-order valence-corrected chi connectivity index (χ0v) is 10.6. The first-order valence-corrected chi connectivity index (χ1v) is 9.15. The van der Waals surface area contributed by atoms with E-state index in [-0.39, 0.29) is 0 Å². The van der Waals surface area contributed by atoms with E-state index in [0.29, 0.717) is 26.2 Å². The van der Waals surface area contributed by atoms with Crippen LogP contribution < -0.4 is 0 Å². The molecule has 4 N–H and O–H groups in total. The molecule has 84 valence electrons. The van der Waals surface area contributed by atoms with E-state index in [4.69, 9.17) is 0 Å². The SMILES string of the molecule is OP(O)(=S)N1CCN(P(O)(O)=S)CC1. The Morgan fingerprint density at radius 2 is 0.929 bits per heavy atom. The number of piperazine rings is 1. The monoisotopic (exact) mass is 278 g/mol. The van der Waals surface area contributed by atoms with Crippen LogP contribution in [0.5, 0.6) is 0 Å². The summed E-state index contributed by atoms with van der Waals surface area (Å²) in [4.78, 5) is 36.7. The summed E-state index contributed by atoms with van der Waals surface area (Å²) in [7, 11) is 0. The largest absolute Gasteiger partial charge is 0.334 e. The van der Waals surface area contributed by atoms with Crippen molar-refractivity contribution >= 4 is 36.9 Å². The molecular weight excluding hydrogens is 266 g/mol. The second kappa shape index (κ2) is 4.51. The summed E-state index contributed by atoms with van der Waals surface area (Å²) in [5.74, 6) is 0. The smallest absolute Gasteiger partial charge is 0.258 e. The average Bonchev–Trinajstić information content (AvgIpc) is 2.01. The molecule has 0 spiro atoms. The molecule has 1 fully saturated rings. The predicted molar refractivity (Wildman–Crippen MR) is 60.6 cm³/mol. The van der Waals surface area contributed by atoms with E-state index in [1.807, 2.05) is 0 Å². The van der Waals surface area contributed by atoms with Gasteiger partial charge in [0.05, 0.1) is 0 Å². The first-order chi connectivity index (χ1) is 6.21. The molecule has 1 heterocycles. The molecule has 10 heteroatoms. The maximum Gasteiger partial charge on any atom is 0.258 e. The van der Waals surface area contributed by atoms with Gasteiger partial charge in [-0.05, 0) is 23.6 Å². The van der Waals surface area contributed by atoms with Gasteiger partial charge >= 0.3 is 0 Å². The fourth-order valence-corrected chi connectivity index (χ4v) is 3.59. The summed E-state index contributed by atoms with van der Waals surface area (Å²) in [5, 5.41) is 0. The second-order valence-corrected chi connectivity index (χ2v) is 9.06. The van der Waals surface area contributed by atoms with Gasteiger partial charge in [0.1, 0.15) is 0 Å². The fourth-order valence-electron chi connectivity index (χ4n) is 1.21. The molecule has 6 nitrogen and oxygen atoms in total. The van der Waals surface area contributed by atoms with E-state index in [1.54, 1.807) is 0 Å². The van der Waals surface area contributed by atoms with Crippen molar-refractivity contribution in [3.63, 3.8) is 0 Å². The van der Waals surface area contributed by atoms with E-state index < -0.39 is 13.3 Å². The Bertz CT molecular complexity index is 264. The Balaban J connectivity index is 2.56. The highest BCUT2D eigenvalue weighted by Gasteiger charge is 2.30. The average molecular weight is 278 g/mol. The molecule has 1 aliphatic heterocycles. The molecule has 0 aromatic carbocycles. The summed E-state index contributed by atoms with van der Waals surface area (Å²) < 4.78 is 2.73. The molecular formula is C4H12N2O4P2S2. The Morgan fingerprint density at radius 3 is 1.07 bits per heavy atom. The minimum Gasteiger partial charge on any atom is -0.334 e. The topological polar surface area (TPSA) is 87.4 Å². The van der Waals surface area contributed by atoms with Crippen molar-refractivity contribution in [3.05, 3.63) is 0 Å². The van der Waals surface area contributed by atoms with Crippen LogP contribution in [-0.4, -0.2) is 55.1 Å². The lowest BCUT2D eigenvalue weighted by Gasteiger charge is -2.37. The van der Waals surface area contributed by atoms with Crippen LogP contribution in [0.3, 0.4) is 0 Å². The van der Waals surface area contributed by atoms with E-state index in [9.17, 15) is 19.6 Å².